The van der Waals surface area contributed by atoms with Crippen molar-refractivity contribution >= 4 is 5.95 Å². The summed E-state index contributed by atoms with van der Waals surface area (Å²) in [5, 5.41) is 3.45. The number of rotatable bonds is 7. The molecule has 2 heterocycles. The van der Waals surface area contributed by atoms with Crippen LogP contribution in [0, 0.1) is 5.82 Å². The Balaban J connectivity index is 1.53. The Kier molecular flexibility index (Phi) is 6.49. The molecule has 0 saturated carbocycles. The van der Waals surface area contributed by atoms with E-state index in [-0.39, 0.29) is 11.9 Å². The molecule has 1 aromatic heterocycles. The van der Waals surface area contributed by atoms with Crippen LogP contribution in [-0.4, -0.2) is 61.8 Å². The van der Waals surface area contributed by atoms with Crippen molar-refractivity contribution in [3.05, 3.63) is 53.6 Å². The molecule has 3 rings (SSSR count). The van der Waals surface area contributed by atoms with Gasteiger partial charge in [-0.2, -0.15) is 0 Å². The number of anilines is 1. The zero-order valence-corrected chi connectivity index (χ0v) is 15.4. The first-order valence-electron chi connectivity index (χ1n) is 8.89. The summed E-state index contributed by atoms with van der Waals surface area (Å²) < 4.78 is 18.5. The highest BCUT2D eigenvalue weighted by molar-refractivity contribution is 5.30. The van der Waals surface area contributed by atoms with Crippen molar-refractivity contribution in [2.75, 3.05) is 51.8 Å². The van der Waals surface area contributed by atoms with Crippen molar-refractivity contribution in [2.24, 2.45) is 0 Å². The van der Waals surface area contributed by atoms with Crippen molar-refractivity contribution in [1.82, 2.24) is 20.2 Å². The van der Waals surface area contributed by atoms with E-state index in [1.165, 1.54) is 12.1 Å². The van der Waals surface area contributed by atoms with E-state index in [2.05, 4.69) is 25.1 Å². The van der Waals surface area contributed by atoms with Crippen molar-refractivity contribution in [2.45, 2.75) is 12.6 Å². The second kappa shape index (κ2) is 9.02. The van der Waals surface area contributed by atoms with E-state index < -0.39 is 0 Å². The molecule has 1 atom stereocenters. The first-order valence-corrected chi connectivity index (χ1v) is 8.89. The molecule has 1 aliphatic rings. The first-order chi connectivity index (χ1) is 12.6. The third-order valence-electron chi connectivity index (χ3n) is 4.53. The van der Waals surface area contributed by atoms with Crippen molar-refractivity contribution in [3.63, 3.8) is 0 Å². The van der Waals surface area contributed by atoms with E-state index in [0.29, 0.717) is 6.54 Å². The summed E-state index contributed by atoms with van der Waals surface area (Å²) in [6.45, 7) is 4.56. The number of likely N-dealkylation sites (N-methyl/N-ethyl adjacent to an activating group) is 1. The van der Waals surface area contributed by atoms with Gasteiger partial charge >= 0.3 is 0 Å². The fourth-order valence-electron chi connectivity index (χ4n) is 3.00. The van der Waals surface area contributed by atoms with Gasteiger partial charge in [-0.25, -0.2) is 14.4 Å². The average Bonchev–Trinajstić information content (AvgIpc) is 2.67. The predicted molar refractivity (Wildman–Crippen MR) is 99.6 cm³/mol. The van der Waals surface area contributed by atoms with Gasteiger partial charge in [-0.1, -0.05) is 12.1 Å². The van der Waals surface area contributed by atoms with Crippen LogP contribution in [0.25, 0.3) is 0 Å². The highest BCUT2D eigenvalue weighted by Crippen LogP contribution is 2.18. The van der Waals surface area contributed by atoms with Crippen LogP contribution in [0.1, 0.15) is 17.2 Å². The average molecular weight is 359 g/mol. The molecule has 0 spiro atoms. The van der Waals surface area contributed by atoms with Crippen LogP contribution in [-0.2, 0) is 11.3 Å². The quantitative estimate of drug-likeness (QED) is 0.814. The molecular weight excluding hydrogens is 333 g/mol. The van der Waals surface area contributed by atoms with Crippen LogP contribution in [0.4, 0.5) is 10.3 Å². The SMILES string of the molecule is CN(C)C(CNCc1cnc(N2CCOCC2)nc1)c1ccc(F)cc1. The van der Waals surface area contributed by atoms with Gasteiger partial charge in [0.15, 0.2) is 0 Å². The molecule has 0 bridgehead atoms. The smallest absolute Gasteiger partial charge is 0.225 e. The van der Waals surface area contributed by atoms with Gasteiger partial charge in [0.25, 0.3) is 0 Å². The Morgan fingerprint density at radius 3 is 2.42 bits per heavy atom. The summed E-state index contributed by atoms with van der Waals surface area (Å²) in [6.07, 6.45) is 3.74. The van der Waals surface area contributed by atoms with Crippen LogP contribution in [0.3, 0.4) is 0 Å². The molecular formula is C19H26FN5O. The van der Waals surface area contributed by atoms with Gasteiger partial charge in [0.1, 0.15) is 5.82 Å². The van der Waals surface area contributed by atoms with E-state index in [4.69, 9.17) is 4.74 Å². The standard InChI is InChI=1S/C19H26FN5O/c1-24(2)18(16-3-5-17(20)6-4-16)14-21-11-15-12-22-19(23-13-15)25-7-9-26-10-8-25/h3-6,12-13,18,21H,7-11,14H2,1-2H3. The minimum absolute atomic E-state index is 0.171. The summed E-state index contributed by atoms with van der Waals surface area (Å²) in [6, 6.07) is 6.85. The molecule has 6 nitrogen and oxygen atoms in total. The number of morpholine rings is 1. The van der Waals surface area contributed by atoms with Gasteiger partial charge in [0.2, 0.25) is 5.95 Å². The molecule has 26 heavy (non-hydrogen) atoms. The highest BCUT2D eigenvalue weighted by atomic mass is 19.1. The molecule has 1 fully saturated rings. The zero-order chi connectivity index (χ0) is 18.4. The lowest BCUT2D eigenvalue weighted by molar-refractivity contribution is 0.122. The maximum Gasteiger partial charge on any atom is 0.225 e. The molecule has 2 aromatic rings. The Morgan fingerprint density at radius 2 is 1.81 bits per heavy atom. The van der Waals surface area contributed by atoms with Crippen molar-refractivity contribution in [1.29, 1.82) is 0 Å². The molecule has 0 radical (unpaired) electrons. The van der Waals surface area contributed by atoms with Gasteiger partial charge in [-0.3, -0.25) is 0 Å². The molecule has 7 heteroatoms. The van der Waals surface area contributed by atoms with Gasteiger partial charge in [-0.15, -0.1) is 0 Å². The highest BCUT2D eigenvalue weighted by Gasteiger charge is 2.15. The van der Waals surface area contributed by atoms with Crippen LogP contribution in [0.2, 0.25) is 0 Å². The fraction of sp³-hybridized carbons (Fsp3) is 0.474. The topological polar surface area (TPSA) is 53.5 Å². The number of ether oxygens (including phenoxy) is 1. The molecule has 1 saturated heterocycles. The molecule has 140 valence electrons. The molecule has 1 aliphatic heterocycles. The Labute approximate surface area is 154 Å². The lowest BCUT2D eigenvalue weighted by atomic mass is 10.1. The summed E-state index contributed by atoms with van der Waals surface area (Å²) >= 11 is 0. The van der Waals surface area contributed by atoms with E-state index in [1.807, 2.05) is 38.6 Å². The Hall–Kier alpha value is -2.09. The van der Waals surface area contributed by atoms with Crippen molar-refractivity contribution in [3.8, 4) is 0 Å². The van der Waals surface area contributed by atoms with Gasteiger partial charge < -0.3 is 19.9 Å². The van der Waals surface area contributed by atoms with E-state index in [0.717, 1.165) is 49.9 Å². The Bertz CT molecular complexity index is 671. The summed E-state index contributed by atoms with van der Waals surface area (Å²) in [7, 11) is 4.05. The monoisotopic (exact) mass is 359 g/mol. The van der Waals surface area contributed by atoms with E-state index in [1.54, 1.807) is 0 Å². The fourth-order valence-corrected chi connectivity index (χ4v) is 3.00. The van der Waals surface area contributed by atoms with Crippen LogP contribution < -0.4 is 10.2 Å². The number of nitrogens with one attached hydrogen (secondary N) is 1. The van der Waals surface area contributed by atoms with Crippen LogP contribution in [0.5, 0.6) is 0 Å². The number of hydrogen-bond donors (Lipinski definition) is 1. The third-order valence-corrected chi connectivity index (χ3v) is 4.53. The second-order valence-electron chi connectivity index (χ2n) is 6.65. The van der Waals surface area contributed by atoms with Gasteiger partial charge in [-0.05, 0) is 31.8 Å². The lowest BCUT2D eigenvalue weighted by Crippen LogP contribution is -2.37. The summed E-state index contributed by atoms with van der Waals surface area (Å²) in [5.41, 5.74) is 2.13. The first kappa shape index (κ1) is 18.7. The number of halogens is 1. The largest absolute Gasteiger partial charge is 0.378 e. The van der Waals surface area contributed by atoms with Crippen LogP contribution >= 0.6 is 0 Å². The molecule has 1 aromatic carbocycles. The maximum absolute atomic E-state index is 13.1. The normalized spacial score (nSPS) is 16.1. The number of hydrogen-bond acceptors (Lipinski definition) is 6. The van der Waals surface area contributed by atoms with Gasteiger partial charge in [0.05, 0.1) is 13.2 Å². The molecule has 0 amide bonds. The van der Waals surface area contributed by atoms with E-state index in [9.17, 15) is 4.39 Å². The van der Waals surface area contributed by atoms with E-state index >= 15 is 0 Å². The minimum atomic E-state index is -0.211. The van der Waals surface area contributed by atoms with Gasteiger partial charge in [0, 0.05) is 50.2 Å². The molecule has 1 unspecified atom stereocenters. The third kappa shape index (κ3) is 4.97. The number of benzene rings is 1. The Morgan fingerprint density at radius 1 is 1.15 bits per heavy atom. The minimum Gasteiger partial charge on any atom is -0.378 e. The second-order valence-corrected chi connectivity index (χ2v) is 6.65. The van der Waals surface area contributed by atoms with Crippen molar-refractivity contribution < 1.29 is 9.13 Å². The molecule has 0 aliphatic carbocycles. The summed E-state index contributed by atoms with van der Waals surface area (Å²) in [5.74, 6) is 0.547. The van der Waals surface area contributed by atoms with Crippen LogP contribution in [0.15, 0.2) is 36.7 Å². The number of aromatic nitrogens is 2. The number of nitrogens with zero attached hydrogens (tertiary/aromatic N) is 4. The molecule has 1 N–H and O–H groups in total. The predicted octanol–water partition coefficient (Wildman–Crippen LogP) is 1.84. The summed E-state index contributed by atoms with van der Waals surface area (Å²) in [4.78, 5) is 13.2. The lowest BCUT2D eigenvalue weighted by Gasteiger charge is -2.26. The zero-order valence-electron chi connectivity index (χ0n) is 15.4. The maximum atomic E-state index is 13.1.